The maximum Gasteiger partial charge on any atom is 0.196 e. The molecule has 0 fully saturated rings. The van der Waals surface area contributed by atoms with Gasteiger partial charge in [-0.05, 0) is 12.2 Å². The largest absolute Gasteiger partial charge is 0.291 e. The Morgan fingerprint density at radius 1 is 1.62 bits per heavy atom. The van der Waals surface area contributed by atoms with Crippen LogP contribution in [0.2, 0.25) is 0 Å². The predicted octanol–water partition coefficient (Wildman–Crippen LogP) is 1.47. The predicted molar refractivity (Wildman–Crippen MR) is 51.9 cm³/mol. The van der Waals surface area contributed by atoms with Gasteiger partial charge in [-0.1, -0.05) is 0 Å². The summed E-state index contributed by atoms with van der Waals surface area (Å²) in [5, 5.41) is 0. The third kappa shape index (κ3) is 1.72. The van der Waals surface area contributed by atoms with Crippen molar-refractivity contribution in [2.45, 2.75) is 19.1 Å². The summed E-state index contributed by atoms with van der Waals surface area (Å²) in [6.07, 6.45) is 2.74. The molecule has 2 heterocycles. The standard InChI is InChI=1S/C9H10N2OS/c1-6(12)9-10-4-7-5-13-3-2-8(7)11-9/h4H,2-3,5H2,1H3. The first-order valence-corrected chi connectivity index (χ1v) is 5.36. The van der Waals surface area contributed by atoms with Crippen LogP contribution >= 0.6 is 11.8 Å². The van der Waals surface area contributed by atoms with Gasteiger partial charge in [-0.15, -0.1) is 0 Å². The molecule has 0 spiro atoms. The van der Waals surface area contributed by atoms with E-state index < -0.39 is 0 Å². The number of carbonyl (C=O) groups excluding carboxylic acids is 1. The second-order valence-corrected chi connectivity index (χ2v) is 4.13. The average molecular weight is 194 g/mol. The van der Waals surface area contributed by atoms with Crippen LogP contribution in [0.15, 0.2) is 6.20 Å². The van der Waals surface area contributed by atoms with Crippen LogP contribution in [0.3, 0.4) is 0 Å². The van der Waals surface area contributed by atoms with Crippen molar-refractivity contribution in [1.29, 1.82) is 0 Å². The minimum atomic E-state index is -0.0546. The van der Waals surface area contributed by atoms with Crippen LogP contribution in [0.25, 0.3) is 0 Å². The summed E-state index contributed by atoms with van der Waals surface area (Å²) in [6, 6.07) is 0. The normalized spacial score (nSPS) is 15.2. The maximum absolute atomic E-state index is 11.0. The molecule has 0 radical (unpaired) electrons. The van der Waals surface area contributed by atoms with Crippen LogP contribution in [0.1, 0.15) is 28.8 Å². The van der Waals surface area contributed by atoms with Crippen LogP contribution in [0.5, 0.6) is 0 Å². The molecule has 1 aromatic rings. The molecule has 0 amide bonds. The topological polar surface area (TPSA) is 42.9 Å². The highest BCUT2D eigenvalue weighted by atomic mass is 32.2. The zero-order valence-electron chi connectivity index (χ0n) is 7.41. The number of hydrogen-bond donors (Lipinski definition) is 0. The van der Waals surface area contributed by atoms with Gasteiger partial charge in [-0.25, -0.2) is 9.97 Å². The zero-order valence-corrected chi connectivity index (χ0v) is 8.23. The van der Waals surface area contributed by atoms with E-state index in [9.17, 15) is 4.79 Å². The molecule has 68 valence electrons. The van der Waals surface area contributed by atoms with Gasteiger partial charge in [0, 0.05) is 30.1 Å². The van der Waals surface area contributed by atoms with Crippen molar-refractivity contribution in [2.75, 3.05) is 5.75 Å². The van der Waals surface area contributed by atoms with Crippen molar-refractivity contribution in [2.24, 2.45) is 0 Å². The number of aromatic nitrogens is 2. The Bertz CT molecular complexity index is 351. The molecule has 0 aliphatic carbocycles. The van der Waals surface area contributed by atoms with E-state index in [1.165, 1.54) is 12.5 Å². The Kier molecular flexibility index (Phi) is 2.31. The number of carbonyl (C=O) groups is 1. The lowest BCUT2D eigenvalue weighted by Crippen LogP contribution is -2.10. The maximum atomic E-state index is 11.0. The first-order valence-electron chi connectivity index (χ1n) is 4.21. The Morgan fingerprint density at radius 3 is 3.23 bits per heavy atom. The van der Waals surface area contributed by atoms with Crippen LogP contribution in [-0.4, -0.2) is 21.5 Å². The number of nitrogens with zero attached hydrogens (tertiary/aromatic N) is 2. The molecule has 0 unspecified atom stereocenters. The Hall–Kier alpha value is -0.900. The molecule has 1 aliphatic rings. The highest BCUT2D eigenvalue weighted by Crippen LogP contribution is 2.22. The number of thioether (sulfide) groups is 1. The SMILES string of the molecule is CC(=O)c1ncc2c(n1)CCSC2. The van der Waals surface area contributed by atoms with E-state index in [1.54, 1.807) is 6.20 Å². The molecule has 1 aromatic heterocycles. The number of aryl methyl sites for hydroxylation is 1. The molecular formula is C9H10N2OS. The second kappa shape index (κ2) is 3.46. The van der Waals surface area contributed by atoms with Gasteiger partial charge in [0.1, 0.15) is 0 Å². The number of rotatable bonds is 1. The quantitative estimate of drug-likeness (QED) is 0.635. The van der Waals surface area contributed by atoms with E-state index in [4.69, 9.17) is 0 Å². The van der Waals surface area contributed by atoms with E-state index in [-0.39, 0.29) is 5.78 Å². The van der Waals surface area contributed by atoms with Gasteiger partial charge in [0.15, 0.2) is 11.6 Å². The summed E-state index contributed by atoms with van der Waals surface area (Å²) in [5.41, 5.74) is 2.24. The van der Waals surface area contributed by atoms with E-state index in [0.717, 1.165) is 23.6 Å². The number of Topliss-reactive ketones (excluding diaryl/α,β-unsaturated/α-hetero) is 1. The lowest BCUT2D eigenvalue weighted by atomic mass is 10.2. The first kappa shape index (κ1) is 8.69. The fourth-order valence-corrected chi connectivity index (χ4v) is 2.24. The minimum Gasteiger partial charge on any atom is -0.291 e. The summed E-state index contributed by atoms with van der Waals surface area (Å²) < 4.78 is 0. The Morgan fingerprint density at radius 2 is 2.46 bits per heavy atom. The van der Waals surface area contributed by atoms with Crippen molar-refractivity contribution in [3.63, 3.8) is 0 Å². The molecule has 0 saturated heterocycles. The summed E-state index contributed by atoms with van der Waals surface area (Å²) in [6.45, 7) is 1.50. The van der Waals surface area contributed by atoms with Gasteiger partial charge in [-0.2, -0.15) is 11.8 Å². The molecule has 3 nitrogen and oxygen atoms in total. The van der Waals surface area contributed by atoms with Crippen molar-refractivity contribution in [3.05, 3.63) is 23.3 Å². The number of fused-ring (bicyclic) bond motifs is 1. The molecule has 0 bridgehead atoms. The van der Waals surface area contributed by atoms with Gasteiger partial charge in [0.2, 0.25) is 0 Å². The molecule has 4 heteroatoms. The van der Waals surface area contributed by atoms with Crippen LogP contribution in [-0.2, 0) is 12.2 Å². The zero-order chi connectivity index (χ0) is 9.26. The summed E-state index contributed by atoms with van der Waals surface area (Å²) in [4.78, 5) is 19.3. The van der Waals surface area contributed by atoms with Gasteiger partial charge in [-0.3, -0.25) is 4.79 Å². The summed E-state index contributed by atoms with van der Waals surface area (Å²) in [5.74, 6) is 2.38. The number of ketones is 1. The van der Waals surface area contributed by atoms with Crippen LogP contribution < -0.4 is 0 Å². The van der Waals surface area contributed by atoms with Crippen LogP contribution in [0.4, 0.5) is 0 Å². The van der Waals surface area contributed by atoms with E-state index in [1.807, 2.05) is 11.8 Å². The fraction of sp³-hybridized carbons (Fsp3) is 0.444. The lowest BCUT2D eigenvalue weighted by molar-refractivity contribution is 0.100. The summed E-state index contributed by atoms with van der Waals surface area (Å²) >= 11 is 1.89. The Labute approximate surface area is 81.0 Å². The molecule has 0 atom stereocenters. The Balaban J connectivity index is 2.40. The second-order valence-electron chi connectivity index (χ2n) is 3.02. The average Bonchev–Trinajstić information content (AvgIpc) is 2.17. The molecule has 0 N–H and O–H groups in total. The van der Waals surface area contributed by atoms with Crippen molar-refractivity contribution < 1.29 is 4.79 Å². The molecule has 0 saturated carbocycles. The number of hydrogen-bond acceptors (Lipinski definition) is 4. The molecule has 1 aliphatic heterocycles. The lowest BCUT2D eigenvalue weighted by Gasteiger charge is -2.13. The minimum absolute atomic E-state index is 0.0546. The van der Waals surface area contributed by atoms with E-state index in [2.05, 4.69) is 9.97 Å². The smallest absolute Gasteiger partial charge is 0.196 e. The summed E-state index contributed by atoms with van der Waals surface area (Å²) in [7, 11) is 0. The van der Waals surface area contributed by atoms with Crippen LogP contribution in [0, 0.1) is 0 Å². The molecule has 0 aromatic carbocycles. The van der Waals surface area contributed by atoms with Crippen molar-refractivity contribution in [3.8, 4) is 0 Å². The fourth-order valence-electron chi connectivity index (χ4n) is 1.30. The van der Waals surface area contributed by atoms with Crippen molar-refractivity contribution in [1.82, 2.24) is 9.97 Å². The first-order chi connectivity index (χ1) is 6.27. The van der Waals surface area contributed by atoms with Gasteiger partial charge in [0.25, 0.3) is 0 Å². The van der Waals surface area contributed by atoms with Gasteiger partial charge in [0.05, 0.1) is 0 Å². The van der Waals surface area contributed by atoms with Crippen molar-refractivity contribution >= 4 is 17.5 Å². The van der Waals surface area contributed by atoms with Gasteiger partial charge >= 0.3 is 0 Å². The third-order valence-electron chi connectivity index (χ3n) is 2.01. The highest BCUT2D eigenvalue weighted by molar-refractivity contribution is 7.98. The van der Waals surface area contributed by atoms with E-state index in [0.29, 0.717) is 5.82 Å². The molecule has 13 heavy (non-hydrogen) atoms. The van der Waals surface area contributed by atoms with Gasteiger partial charge < -0.3 is 0 Å². The molecule has 2 rings (SSSR count). The monoisotopic (exact) mass is 194 g/mol. The highest BCUT2D eigenvalue weighted by Gasteiger charge is 2.13. The third-order valence-corrected chi connectivity index (χ3v) is 3.02. The van der Waals surface area contributed by atoms with E-state index >= 15 is 0 Å². The molecular weight excluding hydrogens is 184 g/mol.